The van der Waals surface area contributed by atoms with Gasteiger partial charge in [-0.1, -0.05) is 66.0 Å². The van der Waals surface area contributed by atoms with E-state index in [0.717, 1.165) is 54.3 Å². The molecule has 1 N–H and O–H groups in total. The fraction of sp³-hybridized carbons (Fsp3) is 0.931. The number of fused-ring (bicyclic) bond motifs is 5. The fourth-order valence-corrected chi connectivity index (χ4v) is 9.15. The van der Waals surface area contributed by atoms with Crippen LogP contribution in [0.15, 0.2) is 11.6 Å². The van der Waals surface area contributed by atoms with Crippen molar-refractivity contribution in [2.24, 2.45) is 52.3 Å². The van der Waals surface area contributed by atoms with E-state index in [-0.39, 0.29) is 6.10 Å². The Bertz CT molecular complexity index is 634. The molecule has 0 unspecified atom stereocenters. The van der Waals surface area contributed by atoms with Crippen molar-refractivity contribution in [1.29, 1.82) is 0 Å². The normalized spacial score (nSPS) is 45.3. The molecular formula is C29H50O. The molecule has 0 aromatic rings. The first-order valence-electron chi connectivity index (χ1n) is 13.6. The summed E-state index contributed by atoms with van der Waals surface area (Å²) in [5.74, 6) is 5.92. The average Bonchev–Trinajstić information content (AvgIpc) is 3.06. The molecule has 30 heavy (non-hydrogen) atoms. The Morgan fingerprint density at radius 1 is 0.967 bits per heavy atom. The van der Waals surface area contributed by atoms with Gasteiger partial charge in [-0.3, -0.25) is 0 Å². The number of hydrogen-bond donors (Lipinski definition) is 1. The van der Waals surface area contributed by atoms with Gasteiger partial charge < -0.3 is 5.11 Å². The number of hydrogen-bond acceptors (Lipinski definition) is 1. The largest absolute Gasteiger partial charge is 0.393 e. The van der Waals surface area contributed by atoms with E-state index in [1.165, 1.54) is 57.8 Å². The minimum Gasteiger partial charge on any atom is -0.393 e. The molecule has 1 nitrogen and oxygen atoms in total. The van der Waals surface area contributed by atoms with E-state index in [1.54, 1.807) is 0 Å². The molecule has 0 aromatic heterocycles. The number of aliphatic hydroxyl groups is 1. The topological polar surface area (TPSA) is 20.2 Å². The van der Waals surface area contributed by atoms with E-state index in [2.05, 4.69) is 47.6 Å². The quantitative estimate of drug-likeness (QED) is 0.436. The predicted octanol–water partition coefficient (Wildman–Crippen LogP) is 8.02. The molecule has 1 heteroatoms. The molecule has 3 fully saturated rings. The molecule has 0 aliphatic heterocycles. The summed E-state index contributed by atoms with van der Waals surface area (Å²) in [5, 5.41) is 10.3. The van der Waals surface area contributed by atoms with Crippen LogP contribution in [0.3, 0.4) is 0 Å². The van der Waals surface area contributed by atoms with Gasteiger partial charge in [-0.05, 0) is 110 Å². The molecule has 4 rings (SSSR count). The van der Waals surface area contributed by atoms with Crippen LogP contribution in [0.1, 0.15) is 112 Å². The summed E-state index contributed by atoms with van der Waals surface area (Å²) in [6.45, 7) is 15.1. The monoisotopic (exact) mass is 414 g/mol. The number of aliphatic hydroxyl groups excluding tert-OH is 1. The van der Waals surface area contributed by atoms with Crippen molar-refractivity contribution in [3.63, 3.8) is 0 Å². The number of allylic oxidation sites excluding steroid dienone is 2. The Kier molecular flexibility index (Phi) is 6.53. The number of rotatable bonds is 6. The van der Waals surface area contributed by atoms with Crippen molar-refractivity contribution >= 4 is 0 Å². The molecule has 9 atom stereocenters. The van der Waals surface area contributed by atoms with E-state index in [4.69, 9.17) is 0 Å². The second kappa shape index (κ2) is 8.57. The molecule has 3 saturated carbocycles. The van der Waals surface area contributed by atoms with Gasteiger partial charge in [0, 0.05) is 0 Å². The molecule has 0 spiro atoms. The lowest BCUT2D eigenvalue weighted by atomic mass is 9.47. The first kappa shape index (κ1) is 22.9. The Balaban J connectivity index is 1.48. The second-order valence-corrected chi connectivity index (χ2v) is 12.9. The van der Waals surface area contributed by atoms with Gasteiger partial charge >= 0.3 is 0 Å². The van der Waals surface area contributed by atoms with E-state index in [1.807, 2.05) is 5.57 Å². The van der Waals surface area contributed by atoms with Crippen molar-refractivity contribution in [2.75, 3.05) is 0 Å². The van der Waals surface area contributed by atoms with E-state index in [0.29, 0.717) is 10.8 Å². The standard InChI is InChI=1S/C29H50O/c1-7-21(19(2)3)9-8-20(4)25-12-13-26-24-11-10-22-18-23(30)14-16-28(22,5)27(24)15-17-29(25,26)6/h11,19-23,25-27,30H,7-10,12-18H2,1-6H3/t20-,21+,22+,23-,25+,26+,27-,28-,29+/m1/s1. The van der Waals surface area contributed by atoms with Crippen molar-refractivity contribution in [3.05, 3.63) is 11.6 Å². The van der Waals surface area contributed by atoms with Crippen molar-refractivity contribution in [2.45, 2.75) is 118 Å². The van der Waals surface area contributed by atoms with Crippen LogP contribution in [-0.2, 0) is 0 Å². The summed E-state index contributed by atoms with van der Waals surface area (Å²) in [5.41, 5.74) is 2.88. The summed E-state index contributed by atoms with van der Waals surface area (Å²) in [7, 11) is 0. The van der Waals surface area contributed by atoms with Crippen LogP contribution < -0.4 is 0 Å². The molecule has 0 heterocycles. The third kappa shape index (κ3) is 3.74. The summed E-state index contributed by atoms with van der Waals surface area (Å²) in [6.07, 6.45) is 17.2. The lowest BCUT2D eigenvalue weighted by molar-refractivity contribution is -0.0428. The van der Waals surface area contributed by atoms with Crippen LogP contribution in [-0.4, -0.2) is 11.2 Å². The molecule has 0 bridgehead atoms. The molecular weight excluding hydrogens is 364 g/mol. The average molecular weight is 415 g/mol. The Morgan fingerprint density at radius 3 is 2.37 bits per heavy atom. The summed E-state index contributed by atoms with van der Waals surface area (Å²) in [4.78, 5) is 0. The molecule has 0 saturated heterocycles. The van der Waals surface area contributed by atoms with E-state index < -0.39 is 0 Å². The molecule has 0 radical (unpaired) electrons. The molecule has 4 aliphatic carbocycles. The first-order chi connectivity index (χ1) is 14.2. The van der Waals surface area contributed by atoms with Gasteiger partial charge in [0.25, 0.3) is 0 Å². The second-order valence-electron chi connectivity index (χ2n) is 12.9. The third-order valence-corrected chi connectivity index (χ3v) is 11.3. The molecule has 172 valence electrons. The highest BCUT2D eigenvalue weighted by Crippen LogP contribution is 2.67. The summed E-state index contributed by atoms with van der Waals surface area (Å²) in [6, 6.07) is 0. The minimum absolute atomic E-state index is 0.0404. The van der Waals surface area contributed by atoms with Crippen molar-refractivity contribution in [1.82, 2.24) is 0 Å². The smallest absolute Gasteiger partial charge is 0.0543 e. The van der Waals surface area contributed by atoms with Crippen LogP contribution in [0.2, 0.25) is 0 Å². The summed E-state index contributed by atoms with van der Waals surface area (Å²) < 4.78 is 0. The van der Waals surface area contributed by atoms with Crippen LogP contribution >= 0.6 is 0 Å². The molecule has 0 aromatic carbocycles. The highest BCUT2D eigenvalue weighted by atomic mass is 16.3. The Hall–Kier alpha value is -0.300. The van der Waals surface area contributed by atoms with Gasteiger partial charge in [-0.15, -0.1) is 0 Å². The van der Waals surface area contributed by atoms with Crippen LogP contribution in [0.5, 0.6) is 0 Å². The lowest BCUT2D eigenvalue weighted by Gasteiger charge is -2.57. The van der Waals surface area contributed by atoms with Gasteiger partial charge in [0.1, 0.15) is 0 Å². The van der Waals surface area contributed by atoms with Crippen LogP contribution in [0.4, 0.5) is 0 Å². The summed E-state index contributed by atoms with van der Waals surface area (Å²) >= 11 is 0. The third-order valence-electron chi connectivity index (χ3n) is 11.3. The predicted molar refractivity (Wildman–Crippen MR) is 128 cm³/mol. The van der Waals surface area contributed by atoms with E-state index in [9.17, 15) is 5.11 Å². The van der Waals surface area contributed by atoms with Gasteiger partial charge in [0.05, 0.1) is 6.10 Å². The zero-order valence-corrected chi connectivity index (χ0v) is 20.9. The van der Waals surface area contributed by atoms with Crippen molar-refractivity contribution < 1.29 is 5.11 Å². The molecule has 0 amide bonds. The molecule has 4 aliphatic rings. The van der Waals surface area contributed by atoms with Gasteiger partial charge in [0.2, 0.25) is 0 Å². The highest BCUT2D eigenvalue weighted by molar-refractivity contribution is 5.27. The Morgan fingerprint density at radius 2 is 1.67 bits per heavy atom. The Labute approximate surface area is 187 Å². The van der Waals surface area contributed by atoms with Gasteiger partial charge in [-0.25, -0.2) is 0 Å². The fourth-order valence-electron chi connectivity index (χ4n) is 9.15. The zero-order valence-electron chi connectivity index (χ0n) is 20.9. The minimum atomic E-state index is -0.0404. The first-order valence-corrected chi connectivity index (χ1v) is 13.6. The van der Waals surface area contributed by atoms with Crippen LogP contribution in [0, 0.1) is 52.3 Å². The SMILES string of the molecule is CC[C@@H](CC[C@@H](C)[C@@H]1CC[C@H]2C3=CC[C@H]4C[C@H](O)CC[C@@]4(C)[C@@H]3CC[C@]21C)C(C)C. The maximum absolute atomic E-state index is 10.3. The van der Waals surface area contributed by atoms with E-state index >= 15 is 0 Å². The zero-order chi connectivity index (χ0) is 21.7. The lowest BCUT2D eigenvalue weighted by Crippen LogP contribution is -2.49. The van der Waals surface area contributed by atoms with Gasteiger partial charge in [-0.2, -0.15) is 0 Å². The van der Waals surface area contributed by atoms with Crippen LogP contribution in [0.25, 0.3) is 0 Å². The maximum Gasteiger partial charge on any atom is 0.0543 e. The maximum atomic E-state index is 10.3. The van der Waals surface area contributed by atoms with Crippen molar-refractivity contribution in [3.8, 4) is 0 Å². The van der Waals surface area contributed by atoms with Gasteiger partial charge in [0.15, 0.2) is 0 Å². The highest BCUT2D eigenvalue weighted by Gasteiger charge is 2.58.